The van der Waals surface area contributed by atoms with Crippen molar-refractivity contribution in [2.75, 3.05) is 13.7 Å². The predicted molar refractivity (Wildman–Crippen MR) is 81.6 cm³/mol. The van der Waals surface area contributed by atoms with Gasteiger partial charge in [0.25, 0.3) is 5.91 Å². The van der Waals surface area contributed by atoms with Crippen molar-refractivity contribution in [2.45, 2.75) is 0 Å². The summed E-state index contributed by atoms with van der Waals surface area (Å²) in [6, 6.07) is 8.49. The Kier molecular flexibility index (Phi) is 4.01. The number of ether oxygens (including phenoxy) is 1. The first kappa shape index (κ1) is 14.7. The minimum atomic E-state index is -0.514. The van der Waals surface area contributed by atoms with Gasteiger partial charge in [-0.05, 0) is 30.3 Å². The maximum absolute atomic E-state index is 12.0. The number of methoxy groups -OCH3 is 1. The van der Waals surface area contributed by atoms with Gasteiger partial charge in [-0.15, -0.1) is 0 Å². The number of rotatable bonds is 4. The van der Waals surface area contributed by atoms with Crippen molar-refractivity contribution in [1.29, 1.82) is 0 Å². The molecule has 116 valence electrons. The van der Waals surface area contributed by atoms with Crippen LogP contribution < -0.4 is 5.32 Å². The van der Waals surface area contributed by atoms with Crippen LogP contribution >= 0.6 is 0 Å². The van der Waals surface area contributed by atoms with Gasteiger partial charge in [0.15, 0.2) is 5.58 Å². The average Bonchev–Trinajstić information content (AvgIpc) is 3.03. The van der Waals surface area contributed by atoms with Crippen molar-refractivity contribution in [2.24, 2.45) is 0 Å². The summed E-state index contributed by atoms with van der Waals surface area (Å²) in [6.45, 7) is -0.187. The largest absolute Gasteiger partial charge is 0.468 e. The van der Waals surface area contributed by atoms with Crippen LogP contribution in [0.2, 0.25) is 0 Å². The minimum Gasteiger partial charge on any atom is -0.468 e. The van der Waals surface area contributed by atoms with E-state index in [2.05, 4.69) is 20.0 Å². The Hall–Kier alpha value is -3.22. The van der Waals surface area contributed by atoms with Crippen molar-refractivity contribution in [1.82, 2.24) is 15.3 Å². The van der Waals surface area contributed by atoms with Crippen LogP contribution in [-0.2, 0) is 9.53 Å². The number of pyridine rings is 1. The first-order chi connectivity index (χ1) is 11.2. The van der Waals surface area contributed by atoms with E-state index in [1.165, 1.54) is 7.11 Å². The number of benzene rings is 1. The molecule has 7 nitrogen and oxygen atoms in total. The van der Waals surface area contributed by atoms with E-state index in [1.54, 1.807) is 36.7 Å². The van der Waals surface area contributed by atoms with Crippen molar-refractivity contribution in [3.8, 4) is 11.5 Å². The van der Waals surface area contributed by atoms with Gasteiger partial charge in [-0.3, -0.25) is 14.6 Å². The van der Waals surface area contributed by atoms with Gasteiger partial charge in [-0.1, -0.05) is 0 Å². The van der Waals surface area contributed by atoms with E-state index in [1.807, 2.05) is 6.07 Å². The lowest BCUT2D eigenvalue weighted by Crippen LogP contribution is -2.30. The first-order valence-electron chi connectivity index (χ1n) is 6.83. The molecule has 2 heterocycles. The Labute approximate surface area is 131 Å². The van der Waals surface area contributed by atoms with E-state index >= 15 is 0 Å². The third kappa shape index (κ3) is 3.18. The third-order valence-corrected chi connectivity index (χ3v) is 3.18. The molecule has 0 spiro atoms. The van der Waals surface area contributed by atoms with Gasteiger partial charge in [-0.2, -0.15) is 0 Å². The van der Waals surface area contributed by atoms with E-state index in [4.69, 9.17) is 4.42 Å². The molecule has 1 N–H and O–H groups in total. The molecule has 0 unspecified atom stereocenters. The number of nitrogens with one attached hydrogen (secondary N) is 1. The number of oxazole rings is 1. The minimum absolute atomic E-state index is 0.187. The highest BCUT2D eigenvalue weighted by Crippen LogP contribution is 2.24. The van der Waals surface area contributed by atoms with Crippen LogP contribution in [0.1, 0.15) is 10.4 Å². The van der Waals surface area contributed by atoms with Crippen molar-refractivity contribution < 1.29 is 18.7 Å². The third-order valence-electron chi connectivity index (χ3n) is 3.18. The van der Waals surface area contributed by atoms with E-state index in [9.17, 15) is 9.59 Å². The lowest BCUT2D eigenvalue weighted by molar-refractivity contribution is -0.139. The maximum atomic E-state index is 12.0. The zero-order chi connectivity index (χ0) is 16.2. The maximum Gasteiger partial charge on any atom is 0.325 e. The molecule has 0 atom stereocenters. The van der Waals surface area contributed by atoms with Crippen LogP contribution in [-0.4, -0.2) is 35.5 Å². The van der Waals surface area contributed by atoms with Crippen LogP contribution in [0.4, 0.5) is 0 Å². The Morgan fingerprint density at radius 1 is 1.30 bits per heavy atom. The highest BCUT2D eigenvalue weighted by molar-refractivity contribution is 5.98. The Morgan fingerprint density at radius 2 is 2.17 bits per heavy atom. The topological polar surface area (TPSA) is 94.3 Å². The number of amides is 1. The molecule has 0 bridgehead atoms. The van der Waals surface area contributed by atoms with Gasteiger partial charge in [-0.25, -0.2) is 4.98 Å². The van der Waals surface area contributed by atoms with Crippen molar-refractivity contribution >= 4 is 23.0 Å². The van der Waals surface area contributed by atoms with Crippen LogP contribution in [0, 0.1) is 0 Å². The van der Waals surface area contributed by atoms with Crippen LogP contribution in [0.3, 0.4) is 0 Å². The van der Waals surface area contributed by atoms with E-state index in [0.717, 1.165) is 5.56 Å². The smallest absolute Gasteiger partial charge is 0.325 e. The molecular weight excluding hydrogens is 298 g/mol. The van der Waals surface area contributed by atoms with Gasteiger partial charge in [0.1, 0.15) is 12.1 Å². The average molecular weight is 311 g/mol. The molecule has 7 heteroatoms. The zero-order valence-corrected chi connectivity index (χ0v) is 12.3. The molecule has 1 aromatic carbocycles. The molecule has 0 fully saturated rings. The molecular formula is C16H13N3O4. The number of hydrogen-bond donors (Lipinski definition) is 1. The summed E-state index contributed by atoms with van der Waals surface area (Å²) in [4.78, 5) is 31.4. The van der Waals surface area contributed by atoms with Crippen molar-refractivity contribution in [3.05, 3.63) is 48.3 Å². The Morgan fingerprint density at radius 3 is 2.91 bits per heavy atom. The second-order valence-corrected chi connectivity index (χ2v) is 4.70. The molecule has 1 amide bonds. The van der Waals surface area contributed by atoms with Crippen LogP contribution in [0.25, 0.3) is 22.6 Å². The molecule has 2 aromatic heterocycles. The molecule has 0 aliphatic heterocycles. The van der Waals surface area contributed by atoms with Gasteiger partial charge in [0.05, 0.1) is 12.7 Å². The lowest BCUT2D eigenvalue weighted by atomic mass is 10.2. The summed E-state index contributed by atoms with van der Waals surface area (Å²) in [5.74, 6) is -0.469. The molecule has 0 radical (unpaired) electrons. The molecule has 0 aliphatic carbocycles. The lowest BCUT2D eigenvalue weighted by Gasteiger charge is -2.03. The quantitative estimate of drug-likeness (QED) is 0.738. The molecule has 0 saturated carbocycles. The summed E-state index contributed by atoms with van der Waals surface area (Å²) in [5.41, 5.74) is 2.25. The number of carbonyl (C=O) groups excluding carboxylic acids is 2. The predicted octanol–water partition coefficient (Wildman–Crippen LogP) is 1.79. The fourth-order valence-corrected chi connectivity index (χ4v) is 2.01. The van der Waals surface area contributed by atoms with Gasteiger partial charge in [0, 0.05) is 18.0 Å². The van der Waals surface area contributed by atoms with E-state index in [-0.39, 0.29) is 12.5 Å². The van der Waals surface area contributed by atoms with Crippen LogP contribution in [0.15, 0.2) is 47.1 Å². The number of hydrogen-bond acceptors (Lipinski definition) is 6. The summed E-state index contributed by atoms with van der Waals surface area (Å²) >= 11 is 0. The normalized spacial score (nSPS) is 10.5. The van der Waals surface area contributed by atoms with E-state index < -0.39 is 5.97 Å². The SMILES string of the molecule is COC(=O)CNC(=O)c1ccc2oc(-c3cccnc3)nc2c1. The van der Waals surface area contributed by atoms with Gasteiger partial charge in [0.2, 0.25) is 5.89 Å². The highest BCUT2D eigenvalue weighted by Gasteiger charge is 2.12. The fourth-order valence-electron chi connectivity index (χ4n) is 2.01. The monoisotopic (exact) mass is 311 g/mol. The Bertz CT molecular complexity index is 858. The molecule has 0 aliphatic rings. The number of esters is 1. The molecule has 23 heavy (non-hydrogen) atoms. The van der Waals surface area contributed by atoms with Gasteiger partial charge < -0.3 is 14.5 Å². The summed E-state index contributed by atoms with van der Waals surface area (Å²) < 4.78 is 10.1. The molecule has 0 saturated heterocycles. The highest BCUT2D eigenvalue weighted by atomic mass is 16.5. The number of aromatic nitrogens is 2. The molecule has 3 rings (SSSR count). The molecule has 3 aromatic rings. The second-order valence-electron chi connectivity index (χ2n) is 4.70. The number of carbonyl (C=O) groups is 2. The van der Waals surface area contributed by atoms with Crippen LogP contribution in [0.5, 0.6) is 0 Å². The first-order valence-corrected chi connectivity index (χ1v) is 6.83. The van der Waals surface area contributed by atoms with Crippen molar-refractivity contribution in [3.63, 3.8) is 0 Å². The number of fused-ring (bicyclic) bond motifs is 1. The van der Waals surface area contributed by atoms with Gasteiger partial charge >= 0.3 is 5.97 Å². The second kappa shape index (κ2) is 6.27. The summed E-state index contributed by atoms with van der Waals surface area (Å²) in [7, 11) is 1.26. The summed E-state index contributed by atoms with van der Waals surface area (Å²) in [6.07, 6.45) is 3.31. The Balaban J connectivity index is 1.85. The summed E-state index contributed by atoms with van der Waals surface area (Å²) in [5, 5.41) is 2.47. The fraction of sp³-hybridized carbons (Fsp3) is 0.125. The standard InChI is InChI=1S/C16H13N3O4/c1-22-14(20)9-18-15(21)10-4-5-13-12(7-10)19-16(23-13)11-3-2-6-17-8-11/h2-8H,9H2,1H3,(H,18,21). The van der Waals surface area contributed by atoms with E-state index in [0.29, 0.717) is 22.6 Å². The number of nitrogens with zero attached hydrogens (tertiary/aromatic N) is 2. The zero-order valence-electron chi connectivity index (χ0n) is 12.3.